The van der Waals surface area contributed by atoms with Crippen molar-refractivity contribution in [3.8, 4) is 0 Å². The molecule has 0 bridgehead atoms. The van der Waals surface area contributed by atoms with Gasteiger partial charge in [0.15, 0.2) is 11.7 Å². The van der Waals surface area contributed by atoms with Crippen LogP contribution in [0.15, 0.2) is 27.2 Å². The Morgan fingerprint density at radius 3 is 2.65 bits per heavy atom. The summed E-state index contributed by atoms with van der Waals surface area (Å²) >= 11 is 2.57. The highest BCUT2D eigenvalue weighted by molar-refractivity contribution is 14.0. The first-order chi connectivity index (χ1) is 10.5. The maximum absolute atomic E-state index is 12.5. The number of halogens is 4. The van der Waals surface area contributed by atoms with Crippen LogP contribution in [0.1, 0.15) is 23.2 Å². The molecule has 4 nitrogen and oxygen atoms in total. The largest absolute Gasteiger partial charge is 0.434 e. The predicted molar refractivity (Wildman–Crippen MR) is 98.5 cm³/mol. The molecule has 2 N–H and O–H groups in total. The minimum Gasteiger partial charge on any atom is -0.357 e. The van der Waals surface area contributed by atoms with E-state index in [-0.39, 0.29) is 30.5 Å². The highest BCUT2D eigenvalue weighted by Crippen LogP contribution is 2.29. The summed E-state index contributed by atoms with van der Waals surface area (Å²) in [6, 6.07) is 1.98. The van der Waals surface area contributed by atoms with Crippen LogP contribution in [0.2, 0.25) is 0 Å². The van der Waals surface area contributed by atoms with Crippen molar-refractivity contribution in [1.82, 2.24) is 15.6 Å². The van der Waals surface area contributed by atoms with Gasteiger partial charge in [0.25, 0.3) is 0 Å². The number of rotatable bonds is 5. The van der Waals surface area contributed by atoms with Gasteiger partial charge in [0.05, 0.1) is 13.1 Å². The molecule has 0 aliphatic heterocycles. The van der Waals surface area contributed by atoms with Crippen molar-refractivity contribution in [2.24, 2.45) is 4.99 Å². The fourth-order valence-electron chi connectivity index (χ4n) is 1.58. The maximum Gasteiger partial charge on any atom is 0.434 e. The van der Waals surface area contributed by atoms with Gasteiger partial charge in [0, 0.05) is 11.9 Å². The molecule has 0 aliphatic carbocycles. The topological polar surface area (TPSA) is 49.3 Å². The number of thiazole rings is 1. The number of alkyl halides is 3. The molecule has 0 aromatic carbocycles. The number of thiophene rings is 1. The number of nitrogens with one attached hydrogen (secondary N) is 2. The van der Waals surface area contributed by atoms with E-state index in [1.165, 1.54) is 0 Å². The van der Waals surface area contributed by atoms with E-state index in [9.17, 15) is 13.2 Å². The number of aromatic nitrogens is 1. The third kappa shape index (κ3) is 6.63. The van der Waals surface area contributed by atoms with Crippen LogP contribution in [0.4, 0.5) is 13.2 Å². The first-order valence-electron chi connectivity index (χ1n) is 6.54. The van der Waals surface area contributed by atoms with Crippen LogP contribution in [-0.2, 0) is 19.3 Å². The Labute approximate surface area is 157 Å². The molecule has 0 fully saturated rings. The fourth-order valence-corrected chi connectivity index (χ4v) is 2.98. The Bertz CT molecular complexity index is 611. The van der Waals surface area contributed by atoms with Crippen LogP contribution in [-0.4, -0.2) is 17.5 Å². The Kier molecular flexibility index (Phi) is 8.26. The molecule has 0 radical (unpaired) electrons. The van der Waals surface area contributed by atoms with Crippen molar-refractivity contribution >= 4 is 52.6 Å². The highest BCUT2D eigenvalue weighted by atomic mass is 127. The number of hydrogen-bond acceptors (Lipinski definition) is 4. The summed E-state index contributed by atoms with van der Waals surface area (Å²) in [5, 5.41) is 11.4. The average Bonchev–Trinajstić information content (AvgIpc) is 3.12. The minimum absolute atomic E-state index is 0. The van der Waals surface area contributed by atoms with E-state index in [1.54, 1.807) is 11.3 Å². The molecular weight excluding hydrogens is 460 g/mol. The van der Waals surface area contributed by atoms with Crippen LogP contribution >= 0.6 is 46.7 Å². The van der Waals surface area contributed by atoms with Gasteiger partial charge in [-0.3, -0.25) is 0 Å². The lowest BCUT2D eigenvalue weighted by atomic mass is 10.3. The molecule has 0 saturated carbocycles. The molecule has 2 heterocycles. The van der Waals surface area contributed by atoms with E-state index in [1.807, 2.05) is 23.8 Å². The Balaban J connectivity index is 0.00000264. The van der Waals surface area contributed by atoms with E-state index in [0.29, 0.717) is 24.1 Å². The summed E-state index contributed by atoms with van der Waals surface area (Å²) in [4.78, 5) is 7.96. The third-order valence-corrected chi connectivity index (χ3v) is 4.17. The first-order valence-corrected chi connectivity index (χ1v) is 8.36. The minimum atomic E-state index is -4.40. The lowest BCUT2D eigenvalue weighted by Gasteiger charge is -2.09. The van der Waals surface area contributed by atoms with Crippen molar-refractivity contribution in [1.29, 1.82) is 0 Å². The third-order valence-electron chi connectivity index (χ3n) is 2.59. The van der Waals surface area contributed by atoms with Gasteiger partial charge in [-0.05, 0) is 29.3 Å². The van der Waals surface area contributed by atoms with Crippen LogP contribution < -0.4 is 10.6 Å². The van der Waals surface area contributed by atoms with Crippen LogP contribution in [0.25, 0.3) is 0 Å². The molecule has 0 unspecified atom stereocenters. The lowest BCUT2D eigenvalue weighted by molar-refractivity contribution is -0.140. The first kappa shape index (κ1) is 20.2. The second-order valence-corrected chi connectivity index (χ2v) is 6.03. The molecule has 23 heavy (non-hydrogen) atoms. The summed E-state index contributed by atoms with van der Waals surface area (Å²) in [5.41, 5.74) is 0.241. The van der Waals surface area contributed by atoms with E-state index in [4.69, 9.17) is 0 Å². The zero-order valence-corrected chi connectivity index (χ0v) is 16.1. The van der Waals surface area contributed by atoms with Crippen molar-refractivity contribution in [3.05, 3.63) is 38.5 Å². The van der Waals surface area contributed by atoms with E-state index < -0.39 is 11.9 Å². The number of aliphatic imine (C=N–C) groups is 1. The number of hydrogen-bond donors (Lipinski definition) is 2. The summed E-state index contributed by atoms with van der Waals surface area (Å²) in [6.07, 6.45) is -4.40. The maximum atomic E-state index is 12.5. The van der Waals surface area contributed by atoms with Gasteiger partial charge >= 0.3 is 6.18 Å². The van der Waals surface area contributed by atoms with E-state index >= 15 is 0 Å². The molecule has 2 rings (SSSR count). The second-order valence-electron chi connectivity index (χ2n) is 4.30. The molecule has 0 aliphatic rings. The Morgan fingerprint density at radius 2 is 2.09 bits per heavy atom. The van der Waals surface area contributed by atoms with Gasteiger partial charge in [-0.25, -0.2) is 9.98 Å². The molecule has 2 aromatic heterocycles. The molecule has 0 amide bonds. The number of guanidine groups is 1. The monoisotopic (exact) mass is 476 g/mol. The van der Waals surface area contributed by atoms with Gasteiger partial charge in [0.1, 0.15) is 5.01 Å². The zero-order chi connectivity index (χ0) is 16.0. The predicted octanol–water partition coefficient (Wildman–Crippen LogP) is 4.10. The molecular formula is C13H16F3IN4S2. The molecule has 0 atom stereocenters. The van der Waals surface area contributed by atoms with Gasteiger partial charge in [-0.15, -0.1) is 35.3 Å². The van der Waals surface area contributed by atoms with E-state index in [2.05, 4.69) is 20.6 Å². The molecule has 0 spiro atoms. The normalized spacial score (nSPS) is 11.9. The zero-order valence-electron chi connectivity index (χ0n) is 12.2. The average molecular weight is 476 g/mol. The van der Waals surface area contributed by atoms with Gasteiger partial charge in [0.2, 0.25) is 0 Å². The Hall–Kier alpha value is -0.880. The smallest absolute Gasteiger partial charge is 0.357 e. The van der Waals surface area contributed by atoms with Gasteiger partial charge < -0.3 is 10.6 Å². The summed E-state index contributed by atoms with van der Waals surface area (Å²) in [6.45, 7) is 3.31. The van der Waals surface area contributed by atoms with Crippen LogP contribution in [0.5, 0.6) is 0 Å². The summed E-state index contributed by atoms with van der Waals surface area (Å²) in [5.74, 6) is 0.553. The van der Waals surface area contributed by atoms with Gasteiger partial charge in [-0.1, -0.05) is 0 Å². The highest BCUT2D eigenvalue weighted by Gasteiger charge is 2.33. The SMILES string of the molecule is CCNC(=NCc1ccsc1)NCc1nc(C(F)(F)F)cs1.I. The molecule has 10 heteroatoms. The molecule has 2 aromatic rings. The quantitative estimate of drug-likeness (QED) is 0.388. The van der Waals surface area contributed by atoms with E-state index in [0.717, 1.165) is 22.3 Å². The Morgan fingerprint density at radius 1 is 1.30 bits per heavy atom. The second kappa shape index (κ2) is 9.42. The summed E-state index contributed by atoms with van der Waals surface area (Å²) in [7, 11) is 0. The number of nitrogens with zero attached hydrogens (tertiary/aromatic N) is 2. The lowest BCUT2D eigenvalue weighted by Crippen LogP contribution is -2.36. The van der Waals surface area contributed by atoms with Crippen LogP contribution in [0.3, 0.4) is 0 Å². The van der Waals surface area contributed by atoms with Gasteiger partial charge in [-0.2, -0.15) is 24.5 Å². The standard InChI is InChI=1S/C13H15F3N4S2.HI/c1-2-17-12(18-5-9-3-4-21-7-9)19-6-11-20-10(8-22-11)13(14,15)16;/h3-4,7-8H,2,5-6H2,1H3,(H2,17,18,19);1H. The summed E-state index contributed by atoms with van der Waals surface area (Å²) < 4.78 is 37.5. The van der Waals surface area contributed by atoms with Crippen LogP contribution in [0, 0.1) is 0 Å². The van der Waals surface area contributed by atoms with Crippen molar-refractivity contribution in [2.75, 3.05) is 6.54 Å². The fraction of sp³-hybridized carbons (Fsp3) is 0.385. The molecule has 0 saturated heterocycles. The van der Waals surface area contributed by atoms with Crippen molar-refractivity contribution in [3.63, 3.8) is 0 Å². The van der Waals surface area contributed by atoms with Crippen molar-refractivity contribution in [2.45, 2.75) is 26.2 Å². The molecule has 128 valence electrons. The van der Waals surface area contributed by atoms with Crippen molar-refractivity contribution < 1.29 is 13.2 Å².